The lowest BCUT2D eigenvalue weighted by molar-refractivity contribution is -0.149. The molecule has 3 atom stereocenters. The Morgan fingerprint density at radius 1 is 0.896 bits per heavy atom. The smallest absolute Gasteiger partial charge is 0.408 e. The van der Waals surface area contributed by atoms with Crippen LogP contribution in [0.15, 0.2) is 90.8 Å². The standard InChI is InChI=1S/C57H69F3N12O5/c1-6-39-30-44(48(74)31-47(39)73)50-65-66-52(53(75)62-36(3)57(58,59)60)72(50)41-18-16-37(17-19-41)34-68-26-28-69(29-27-68)35-38-22-24-70(25-23-38)42-20-21-49(56(4,32-42)77-7-2)63-55-61-33-46-51(64-55)71(40-12-8-9-13-40)45-15-11-10-14-43(45)54(76)67(46)5/h10-11,14-21,30-33,36,38,40,49,73-74H,6-9,12-13,22-29,34-35H2,1-5H3,(H,62,75)(H,61,63,64). The number of likely N-dealkylation sites (tertiary alicyclic amines) is 1. The number of piperazine rings is 1. The summed E-state index contributed by atoms with van der Waals surface area (Å²) in [4.78, 5) is 48.4. The summed E-state index contributed by atoms with van der Waals surface area (Å²) in [5.74, 6) is -0.163. The second-order valence-corrected chi connectivity index (χ2v) is 21.2. The van der Waals surface area contributed by atoms with E-state index < -0.39 is 23.7 Å². The number of aryl methyl sites for hydroxylation is 1. The highest BCUT2D eigenvalue weighted by Crippen LogP contribution is 2.44. The van der Waals surface area contributed by atoms with Crippen LogP contribution in [0.4, 0.5) is 36.3 Å². The molecular formula is C57H69F3N12O5. The lowest BCUT2D eigenvalue weighted by atomic mass is 9.88. The average Bonchev–Trinajstić information content (AvgIpc) is 4.11. The van der Waals surface area contributed by atoms with E-state index in [1.54, 1.807) is 30.3 Å². The number of benzene rings is 3. The van der Waals surface area contributed by atoms with Gasteiger partial charge in [-0.15, -0.1) is 10.2 Å². The maximum absolute atomic E-state index is 13.7. The number of carbonyl (C=O) groups is 2. The summed E-state index contributed by atoms with van der Waals surface area (Å²) in [5.41, 5.74) is 4.80. The molecule has 1 saturated carbocycles. The first-order valence-electron chi connectivity index (χ1n) is 27.0. The van der Waals surface area contributed by atoms with Crippen LogP contribution in [0.5, 0.6) is 11.5 Å². The van der Waals surface area contributed by atoms with Crippen LogP contribution >= 0.6 is 0 Å². The van der Waals surface area contributed by atoms with E-state index in [0.717, 1.165) is 114 Å². The number of nitrogens with one attached hydrogen (secondary N) is 2. The van der Waals surface area contributed by atoms with Crippen LogP contribution in [-0.4, -0.2) is 151 Å². The van der Waals surface area contributed by atoms with Crippen molar-refractivity contribution in [2.45, 2.75) is 109 Å². The molecule has 17 nitrogen and oxygen atoms in total. The molecular weight excluding hydrogens is 990 g/mol. The van der Waals surface area contributed by atoms with Crippen LogP contribution in [0.25, 0.3) is 17.1 Å². The van der Waals surface area contributed by atoms with Gasteiger partial charge >= 0.3 is 6.18 Å². The number of fused-ring (bicyclic) bond motifs is 2. The predicted molar refractivity (Wildman–Crippen MR) is 289 cm³/mol. The molecule has 20 heteroatoms. The zero-order valence-corrected chi connectivity index (χ0v) is 44.4. The Morgan fingerprint density at radius 2 is 1.61 bits per heavy atom. The maximum atomic E-state index is 13.7. The molecule has 408 valence electrons. The molecule has 2 amide bonds. The third-order valence-corrected chi connectivity index (χ3v) is 16.1. The molecule has 0 spiro atoms. The molecule has 4 N–H and O–H groups in total. The molecule has 0 radical (unpaired) electrons. The quantitative estimate of drug-likeness (QED) is 0.0783. The predicted octanol–water partition coefficient (Wildman–Crippen LogP) is 8.61. The highest BCUT2D eigenvalue weighted by Gasteiger charge is 2.40. The van der Waals surface area contributed by atoms with Crippen molar-refractivity contribution >= 4 is 35.0 Å². The number of para-hydroxylation sites is 1. The van der Waals surface area contributed by atoms with Crippen molar-refractivity contribution in [3.8, 4) is 28.6 Å². The number of aromatic hydroxyl groups is 2. The van der Waals surface area contributed by atoms with Gasteiger partial charge < -0.3 is 45.2 Å². The summed E-state index contributed by atoms with van der Waals surface area (Å²) in [7, 11) is 1.80. The van der Waals surface area contributed by atoms with Gasteiger partial charge in [-0.25, -0.2) is 4.98 Å². The van der Waals surface area contributed by atoms with E-state index in [1.807, 2.05) is 55.6 Å². The van der Waals surface area contributed by atoms with Crippen LogP contribution in [0.2, 0.25) is 0 Å². The molecule has 3 aromatic carbocycles. The van der Waals surface area contributed by atoms with E-state index in [2.05, 4.69) is 60.3 Å². The van der Waals surface area contributed by atoms with Crippen LogP contribution in [0, 0.1) is 5.92 Å². The maximum Gasteiger partial charge on any atom is 0.408 e. The Labute approximate surface area is 447 Å². The van der Waals surface area contributed by atoms with E-state index in [1.165, 1.54) is 16.7 Å². The van der Waals surface area contributed by atoms with Gasteiger partial charge in [0, 0.05) is 89.5 Å². The summed E-state index contributed by atoms with van der Waals surface area (Å²) >= 11 is 0. The van der Waals surface area contributed by atoms with Crippen LogP contribution in [-0.2, 0) is 17.7 Å². The number of halogens is 3. The Morgan fingerprint density at radius 3 is 2.31 bits per heavy atom. The third-order valence-electron chi connectivity index (χ3n) is 16.1. The van der Waals surface area contributed by atoms with Crippen molar-refractivity contribution in [1.82, 2.24) is 44.7 Å². The monoisotopic (exact) mass is 1060 g/mol. The van der Waals surface area contributed by atoms with Crippen molar-refractivity contribution in [2.24, 2.45) is 5.92 Å². The number of ether oxygens (including phenoxy) is 1. The number of anilines is 4. The average molecular weight is 1060 g/mol. The van der Waals surface area contributed by atoms with Crippen molar-refractivity contribution in [2.75, 3.05) is 74.6 Å². The number of phenolic OH excluding ortho intramolecular Hbond substituents is 2. The highest BCUT2D eigenvalue weighted by molar-refractivity contribution is 6.13. The molecule has 3 aliphatic heterocycles. The van der Waals surface area contributed by atoms with Gasteiger partial charge in [0.1, 0.15) is 28.8 Å². The highest BCUT2D eigenvalue weighted by atomic mass is 19.4. The molecule has 10 rings (SSSR count). The lowest BCUT2D eigenvalue weighted by Crippen LogP contribution is -2.49. The minimum Gasteiger partial charge on any atom is -0.508 e. The number of allylic oxidation sites excluding steroid dienone is 1. The molecule has 5 aromatic rings. The lowest BCUT2D eigenvalue weighted by Gasteiger charge is -2.42. The SMILES string of the molecule is CCOC1(C)C=C(N2CCC(CN3CCN(Cc4ccc(-n5c(C(=O)NC(C)C(F)(F)F)nnc5-c5cc(CC)c(O)cc5O)cc4)CC3)CC2)C=CC1Nc1ncc2c(n1)N(C1CCCC1)c1ccccc1C(=O)N2C. The van der Waals surface area contributed by atoms with E-state index >= 15 is 0 Å². The number of amides is 2. The van der Waals surface area contributed by atoms with Gasteiger partial charge in [0.05, 0.1) is 29.1 Å². The van der Waals surface area contributed by atoms with Crippen molar-refractivity contribution in [1.29, 1.82) is 0 Å². The molecule has 0 bridgehead atoms. The molecule has 2 aromatic heterocycles. The van der Waals surface area contributed by atoms with Crippen LogP contribution < -0.4 is 20.4 Å². The van der Waals surface area contributed by atoms with Gasteiger partial charge in [-0.05, 0) is 112 Å². The van der Waals surface area contributed by atoms with E-state index in [9.17, 15) is 33.0 Å². The molecule has 5 heterocycles. The number of hydrogen-bond donors (Lipinski definition) is 4. The number of aromatic nitrogens is 5. The molecule has 5 aliphatic rings. The first-order chi connectivity index (χ1) is 37.0. The topological polar surface area (TPSA) is 181 Å². The fraction of sp³-hybridized carbons (Fsp3) is 0.474. The molecule has 3 fully saturated rings. The molecule has 77 heavy (non-hydrogen) atoms. The molecule has 2 aliphatic carbocycles. The number of nitrogens with zero attached hydrogens (tertiary/aromatic N) is 10. The normalized spacial score (nSPS) is 21.2. The fourth-order valence-electron chi connectivity index (χ4n) is 11.6. The second-order valence-electron chi connectivity index (χ2n) is 21.2. The summed E-state index contributed by atoms with van der Waals surface area (Å²) in [6.07, 6.45) is 10.6. The summed E-state index contributed by atoms with van der Waals surface area (Å²) in [5, 5.41) is 35.0. The zero-order chi connectivity index (χ0) is 54.2. The summed E-state index contributed by atoms with van der Waals surface area (Å²) in [6, 6.07) is 15.7. The Hall–Kier alpha value is -7.03. The summed E-state index contributed by atoms with van der Waals surface area (Å²) in [6.45, 7) is 14.6. The van der Waals surface area contributed by atoms with Gasteiger partial charge in [-0.1, -0.05) is 50.1 Å². The fourth-order valence-corrected chi connectivity index (χ4v) is 11.6. The Balaban J connectivity index is 0.743. The minimum absolute atomic E-state index is 0.0343. The third kappa shape index (κ3) is 11.1. The minimum atomic E-state index is -4.68. The Kier molecular flexibility index (Phi) is 15.3. The van der Waals surface area contributed by atoms with Crippen LogP contribution in [0.1, 0.15) is 98.3 Å². The molecule has 3 unspecified atom stereocenters. The van der Waals surface area contributed by atoms with Gasteiger partial charge in [0.15, 0.2) is 11.6 Å². The Bertz CT molecular complexity index is 3020. The van der Waals surface area contributed by atoms with Gasteiger partial charge in [-0.2, -0.15) is 18.2 Å². The number of alkyl halides is 3. The number of carbonyl (C=O) groups excluding carboxylic acids is 2. The second kappa shape index (κ2) is 22.1. The zero-order valence-electron chi connectivity index (χ0n) is 44.4. The van der Waals surface area contributed by atoms with E-state index in [4.69, 9.17) is 14.7 Å². The largest absolute Gasteiger partial charge is 0.508 e. The van der Waals surface area contributed by atoms with Gasteiger partial charge in [0.2, 0.25) is 11.8 Å². The van der Waals surface area contributed by atoms with E-state index in [0.29, 0.717) is 53.9 Å². The van der Waals surface area contributed by atoms with E-state index in [-0.39, 0.29) is 46.7 Å². The van der Waals surface area contributed by atoms with Crippen molar-refractivity contribution in [3.63, 3.8) is 0 Å². The van der Waals surface area contributed by atoms with Crippen molar-refractivity contribution in [3.05, 3.63) is 113 Å². The first-order valence-corrected chi connectivity index (χ1v) is 27.0. The van der Waals surface area contributed by atoms with Crippen molar-refractivity contribution < 1.29 is 37.7 Å². The first kappa shape index (κ1) is 53.4. The van der Waals surface area contributed by atoms with Gasteiger partial charge in [0.25, 0.3) is 11.8 Å². The number of phenols is 2. The number of rotatable bonds is 15. The molecule has 2 saturated heterocycles. The summed E-state index contributed by atoms with van der Waals surface area (Å²) < 4.78 is 48.3. The number of piperidine rings is 1. The number of hydrogen-bond acceptors (Lipinski definition) is 14. The van der Waals surface area contributed by atoms with Crippen LogP contribution in [0.3, 0.4) is 0 Å². The van der Waals surface area contributed by atoms with Gasteiger partial charge in [-0.3, -0.25) is 19.1 Å².